The molecule has 0 aliphatic carbocycles. The molecule has 0 fully saturated rings. The van der Waals surface area contributed by atoms with Crippen molar-refractivity contribution in [1.82, 2.24) is 15.3 Å². The van der Waals surface area contributed by atoms with Gasteiger partial charge in [-0.2, -0.15) is 0 Å². The molecule has 0 unspecified atom stereocenters. The van der Waals surface area contributed by atoms with Gasteiger partial charge in [0.15, 0.2) is 11.7 Å². The first-order valence-electron chi connectivity index (χ1n) is 10.0. The standard InChI is InChI=1S/C26H20N4O/c31-22-13-11-19(12-14-22)23-15-17-27-24(29-23)25-28-18-16-26(30-25,20-7-3-1-4-8-20)21-9-5-2-6-10-21/h1-18,31H,(H,28,30). The quantitative estimate of drug-likeness (QED) is 0.519. The lowest BCUT2D eigenvalue weighted by molar-refractivity contribution is 0.475. The molecule has 5 nitrogen and oxygen atoms in total. The minimum absolute atomic E-state index is 0.219. The van der Waals surface area contributed by atoms with Gasteiger partial charge in [0.1, 0.15) is 11.3 Å². The molecule has 0 amide bonds. The molecule has 0 saturated carbocycles. The zero-order valence-corrected chi connectivity index (χ0v) is 16.7. The van der Waals surface area contributed by atoms with Gasteiger partial charge in [-0.1, -0.05) is 60.7 Å². The van der Waals surface area contributed by atoms with Crippen molar-refractivity contribution < 1.29 is 5.11 Å². The SMILES string of the molecule is Oc1ccc(-c2ccnc(C3=NC=CC(c4ccccc4)(c4ccccc4)N3)n2)cc1. The van der Waals surface area contributed by atoms with Crippen molar-refractivity contribution in [1.29, 1.82) is 0 Å². The second-order valence-corrected chi connectivity index (χ2v) is 7.27. The molecule has 4 aromatic rings. The summed E-state index contributed by atoms with van der Waals surface area (Å²) in [7, 11) is 0. The molecule has 0 spiro atoms. The van der Waals surface area contributed by atoms with Crippen LogP contribution in [-0.2, 0) is 5.54 Å². The highest BCUT2D eigenvalue weighted by Gasteiger charge is 2.35. The molecule has 5 heteroatoms. The Morgan fingerprint density at radius 1 is 0.742 bits per heavy atom. The number of phenolic OH excluding ortho intramolecular Hbond substituents is 1. The van der Waals surface area contributed by atoms with Crippen molar-refractivity contribution in [2.24, 2.45) is 4.99 Å². The van der Waals surface area contributed by atoms with Crippen LogP contribution in [-0.4, -0.2) is 20.9 Å². The van der Waals surface area contributed by atoms with E-state index in [0.717, 1.165) is 22.4 Å². The Labute approximate surface area is 180 Å². The van der Waals surface area contributed by atoms with Crippen LogP contribution in [0, 0.1) is 0 Å². The van der Waals surface area contributed by atoms with E-state index in [4.69, 9.17) is 4.98 Å². The maximum Gasteiger partial charge on any atom is 0.195 e. The fourth-order valence-electron chi connectivity index (χ4n) is 3.77. The van der Waals surface area contributed by atoms with Crippen LogP contribution in [0.4, 0.5) is 0 Å². The highest BCUT2D eigenvalue weighted by atomic mass is 16.3. The number of rotatable bonds is 4. The Balaban J connectivity index is 1.56. The van der Waals surface area contributed by atoms with Gasteiger partial charge in [0.05, 0.1) is 5.69 Å². The lowest BCUT2D eigenvalue weighted by Gasteiger charge is -2.36. The average Bonchev–Trinajstić information content (AvgIpc) is 2.86. The van der Waals surface area contributed by atoms with Crippen molar-refractivity contribution in [2.45, 2.75) is 5.54 Å². The van der Waals surface area contributed by atoms with Crippen LogP contribution >= 0.6 is 0 Å². The third-order valence-electron chi connectivity index (χ3n) is 5.33. The number of nitrogens with one attached hydrogen (secondary N) is 1. The van der Waals surface area contributed by atoms with Crippen LogP contribution in [0.2, 0.25) is 0 Å². The molecule has 31 heavy (non-hydrogen) atoms. The third kappa shape index (κ3) is 3.57. The van der Waals surface area contributed by atoms with Gasteiger partial charge in [-0.25, -0.2) is 15.0 Å². The number of hydrogen-bond donors (Lipinski definition) is 2. The van der Waals surface area contributed by atoms with Gasteiger partial charge in [-0.15, -0.1) is 0 Å². The number of aromatic nitrogens is 2. The fraction of sp³-hybridized carbons (Fsp3) is 0.0385. The van der Waals surface area contributed by atoms with Crippen LogP contribution in [0.5, 0.6) is 5.75 Å². The second-order valence-electron chi connectivity index (χ2n) is 7.27. The van der Waals surface area contributed by atoms with Gasteiger partial charge < -0.3 is 10.4 Å². The van der Waals surface area contributed by atoms with E-state index in [9.17, 15) is 5.11 Å². The molecule has 3 aromatic carbocycles. The number of aromatic hydroxyl groups is 1. The van der Waals surface area contributed by atoms with E-state index in [1.807, 2.05) is 60.8 Å². The van der Waals surface area contributed by atoms with E-state index < -0.39 is 5.54 Å². The summed E-state index contributed by atoms with van der Waals surface area (Å²) in [6.45, 7) is 0. The maximum atomic E-state index is 9.57. The molecular formula is C26H20N4O. The van der Waals surface area contributed by atoms with Crippen LogP contribution in [0.15, 0.2) is 114 Å². The molecule has 0 atom stereocenters. The van der Waals surface area contributed by atoms with Gasteiger partial charge in [-0.05, 0) is 47.5 Å². The molecular weight excluding hydrogens is 384 g/mol. The molecule has 2 N–H and O–H groups in total. The van der Waals surface area contributed by atoms with Crippen molar-refractivity contribution in [3.8, 4) is 17.0 Å². The highest BCUT2D eigenvalue weighted by Crippen LogP contribution is 2.33. The Morgan fingerprint density at radius 3 is 2.03 bits per heavy atom. The minimum Gasteiger partial charge on any atom is -0.508 e. The first-order chi connectivity index (χ1) is 15.2. The lowest BCUT2D eigenvalue weighted by Crippen LogP contribution is -2.47. The normalized spacial score (nSPS) is 14.5. The largest absolute Gasteiger partial charge is 0.508 e. The Bertz CT molecular complexity index is 1210. The van der Waals surface area contributed by atoms with Crippen molar-refractivity contribution in [3.63, 3.8) is 0 Å². The molecule has 2 heterocycles. The van der Waals surface area contributed by atoms with E-state index in [1.54, 1.807) is 18.3 Å². The topological polar surface area (TPSA) is 70.4 Å². The summed E-state index contributed by atoms with van der Waals surface area (Å²) < 4.78 is 0. The molecule has 150 valence electrons. The average molecular weight is 404 g/mol. The summed E-state index contributed by atoms with van der Waals surface area (Å²) >= 11 is 0. The number of benzene rings is 3. The Kier molecular flexibility index (Phi) is 4.77. The zero-order chi connectivity index (χ0) is 21.1. The summed E-state index contributed by atoms with van der Waals surface area (Å²) in [5.74, 6) is 1.32. The summed E-state index contributed by atoms with van der Waals surface area (Å²) in [5, 5.41) is 13.2. The summed E-state index contributed by atoms with van der Waals surface area (Å²) in [5.41, 5.74) is 3.26. The monoisotopic (exact) mass is 404 g/mol. The van der Waals surface area contributed by atoms with Crippen molar-refractivity contribution in [2.75, 3.05) is 0 Å². The number of aliphatic imine (C=N–C) groups is 1. The second kappa shape index (κ2) is 7.88. The van der Waals surface area contributed by atoms with Crippen molar-refractivity contribution >= 4 is 5.84 Å². The first-order valence-corrected chi connectivity index (χ1v) is 10.0. The van der Waals surface area contributed by atoms with Gasteiger partial charge in [-0.3, -0.25) is 0 Å². The van der Waals surface area contributed by atoms with Crippen molar-refractivity contribution in [3.05, 3.63) is 126 Å². The van der Waals surface area contributed by atoms with E-state index in [0.29, 0.717) is 11.7 Å². The molecule has 1 aliphatic heterocycles. The number of nitrogens with zero attached hydrogens (tertiary/aromatic N) is 3. The summed E-state index contributed by atoms with van der Waals surface area (Å²) in [6.07, 6.45) is 5.59. The van der Waals surface area contributed by atoms with Crippen LogP contribution in [0.25, 0.3) is 11.3 Å². The summed E-state index contributed by atoms with van der Waals surface area (Å²) in [6, 6.07) is 29.3. The molecule has 0 bridgehead atoms. The molecule has 0 radical (unpaired) electrons. The number of phenols is 1. The Hall–Kier alpha value is -4.25. The van der Waals surface area contributed by atoms with E-state index in [-0.39, 0.29) is 5.75 Å². The fourth-order valence-corrected chi connectivity index (χ4v) is 3.77. The van der Waals surface area contributed by atoms with E-state index >= 15 is 0 Å². The predicted octanol–water partition coefficient (Wildman–Crippen LogP) is 4.66. The van der Waals surface area contributed by atoms with Crippen LogP contribution in [0.1, 0.15) is 17.0 Å². The highest BCUT2D eigenvalue weighted by molar-refractivity contribution is 5.98. The first kappa shape index (κ1) is 18.8. The smallest absolute Gasteiger partial charge is 0.195 e. The Morgan fingerprint density at radius 2 is 1.39 bits per heavy atom. The van der Waals surface area contributed by atoms with Gasteiger partial charge in [0.25, 0.3) is 0 Å². The van der Waals surface area contributed by atoms with Gasteiger partial charge in [0.2, 0.25) is 0 Å². The van der Waals surface area contributed by atoms with Gasteiger partial charge >= 0.3 is 0 Å². The van der Waals surface area contributed by atoms with Crippen LogP contribution in [0.3, 0.4) is 0 Å². The van der Waals surface area contributed by atoms with Gasteiger partial charge in [0, 0.05) is 18.0 Å². The number of amidine groups is 1. The molecule has 1 aromatic heterocycles. The predicted molar refractivity (Wildman–Crippen MR) is 122 cm³/mol. The van der Waals surface area contributed by atoms with E-state index in [1.165, 1.54) is 0 Å². The van der Waals surface area contributed by atoms with E-state index in [2.05, 4.69) is 45.6 Å². The minimum atomic E-state index is -0.586. The summed E-state index contributed by atoms with van der Waals surface area (Å²) in [4.78, 5) is 13.8. The zero-order valence-electron chi connectivity index (χ0n) is 16.7. The number of hydrogen-bond acceptors (Lipinski definition) is 5. The molecule has 5 rings (SSSR count). The third-order valence-corrected chi connectivity index (χ3v) is 5.33. The molecule has 0 saturated heterocycles. The lowest BCUT2D eigenvalue weighted by atomic mass is 9.82. The van der Waals surface area contributed by atoms with Crippen LogP contribution < -0.4 is 5.32 Å². The molecule has 1 aliphatic rings. The maximum absolute atomic E-state index is 9.57.